The van der Waals surface area contributed by atoms with Crippen LogP contribution in [0, 0.1) is 11.6 Å². The van der Waals surface area contributed by atoms with Crippen molar-refractivity contribution >= 4 is 0 Å². The van der Waals surface area contributed by atoms with E-state index in [1.54, 1.807) is 0 Å². The lowest BCUT2D eigenvalue weighted by Gasteiger charge is -2.06. The molecule has 0 bridgehead atoms. The molecule has 0 aliphatic rings. The highest BCUT2D eigenvalue weighted by atomic mass is 19.1. The van der Waals surface area contributed by atoms with Gasteiger partial charge in [0.1, 0.15) is 11.6 Å². The monoisotopic (exact) mass is 185 g/mol. The number of benzene rings is 1. The van der Waals surface area contributed by atoms with Crippen LogP contribution in [0.4, 0.5) is 8.78 Å². The molecule has 0 spiro atoms. The SMILES string of the molecule is CC(N)CCc1c(F)cccc1F. The molecule has 0 aromatic heterocycles. The number of hydrogen-bond acceptors (Lipinski definition) is 1. The molecule has 0 amide bonds. The molecule has 1 atom stereocenters. The second-order valence-corrected chi connectivity index (χ2v) is 3.22. The summed E-state index contributed by atoms with van der Waals surface area (Å²) >= 11 is 0. The van der Waals surface area contributed by atoms with Gasteiger partial charge in [-0.1, -0.05) is 6.07 Å². The largest absolute Gasteiger partial charge is 0.328 e. The smallest absolute Gasteiger partial charge is 0.129 e. The Morgan fingerprint density at radius 2 is 1.85 bits per heavy atom. The maximum absolute atomic E-state index is 13.0. The van der Waals surface area contributed by atoms with Crippen LogP contribution in [-0.2, 0) is 6.42 Å². The minimum absolute atomic E-state index is 0.0287. The minimum Gasteiger partial charge on any atom is -0.328 e. The fourth-order valence-electron chi connectivity index (χ4n) is 1.14. The fourth-order valence-corrected chi connectivity index (χ4v) is 1.14. The Balaban J connectivity index is 2.75. The van der Waals surface area contributed by atoms with Crippen LogP contribution in [0.1, 0.15) is 18.9 Å². The third-order valence-electron chi connectivity index (χ3n) is 1.91. The van der Waals surface area contributed by atoms with E-state index in [1.807, 2.05) is 6.92 Å². The Morgan fingerprint density at radius 3 is 2.31 bits per heavy atom. The molecular formula is C10H13F2N. The van der Waals surface area contributed by atoms with Gasteiger partial charge in [-0.2, -0.15) is 0 Å². The van der Waals surface area contributed by atoms with Crippen molar-refractivity contribution in [3.8, 4) is 0 Å². The fraction of sp³-hybridized carbons (Fsp3) is 0.400. The van der Waals surface area contributed by atoms with Crippen molar-refractivity contribution in [1.82, 2.24) is 0 Å². The molecular weight excluding hydrogens is 172 g/mol. The van der Waals surface area contributed by atoms with E-state index in [1.165, 1.54) is 18.2 Å². The first-order chi connectivity index (χ1) is 6.11. The van der Waals surface area contributed by atoms with Crippen LogP contribution in [0.2, 0.25) is 0 Å². The van der Waals surface area contributed by atoms with E-state index in [0.29, 0.717) is 12.8 Å². The van der Waals surface area contributed by atoms with Gasteiger partial charge in [-0.25, -0.2) is 8.78 Å². The summed E-state index contributed by atoms with van der Waals surface area (Å²) in [5.41, 5.74) is 5.63. The van der Waals surface area contributed by atoms with Crippen molar-refractivity contribution in [2.45, 2.75) is 25.8 Å². The van der Waals surface area contributed by atoms with Crippen LogP contribution in [0.25, 0.3) is 0 Å². The minimum atomic E-state index is -0.486. The predicted molar refractivity (Wildman–Crippen MR) is 48.3 cm³/mol. The van der Waals surface area contributed by atoms with Crippen molar-refractivity contribution in [2.24, 2.45) is 5.73 Å². The molecule has 0 radical (unpaired) electrons. The highest BCUT2D eigenvalue weighted by molar-refractivity contribution is 5.19. The standard InChI is InChI=1S/C10H13F2N/c1-7(13)5-6-8-9(11)3-2-4-10(8)12/h2-4,7H,5-6,13H2,1H3. The molecule has 1 aromatic rings. The van der Waals surface area contributed by atoms with Crippen molar-refractivity contribution in [3.63, 3.8) is 0 Å². The Morgan fingerprint density at radius 1 is 1.31 bits per heavy atom. The van der Waals surface area contributed by atoms with Gasteiger partial charge in [0.25, 0.3) is 0 Å². The summed E-state index contributed by atoms with van der Waals surface area (Å²) in [4.78, 5) is 0. The summed E-state index contributed by atoms with van der Waals surface area (Å²) in [5.74, 6) is -0.971. The van der Waals surface area contributed by atoms with E-state index in [-0.39, 0.29) is 11.6 Å². The molecule has 1 unspecified atom stereocenters. The first-order valence-electron chi connectivity index (χ1n) is 4.29. The lowest BCUT2D eigenvalue weighted by Crippen LogP contribution is -2.16. The van der Waals surface area contributed by atoms with E-state index in [2.05, 4.69) is 0 Å². The van der Waals surface area contributed by atoms with Crippen LogP contribution in [-0.4, -0.2) is 6.04 Å². The van der Waals surface area contributed by atoms with E-state index in [4.69, 9.17) is 5.73 Å². The van der Waals surface area contributed by atoms with Gasteiger partial charge in [0.2, 0.25) is 0 Å². The molecule has 1 nitrogen and oxygen atoms in total. The molecule has 0 heterocycles. The molecule has 0 fully saturated rings. The number of halogens is 2. The van der Waals surface area contributed by atoms with Crippen LogP contribution in [0.3, 0.4) is 0 Å². The molecule has 1 rings (SSSR count). The molecule has 3 heteroatoms. The Hall–Kier alpha value is -0.960. The second kappa shape index (κ2) is 4.33. The van der Waals surface area contributed by atoms with E-state index < -0.39 is 11.6 Å². The summed E-state index contributed by atoms with van der Waals surface area (Å²) < 4.78 is 26.0. The molecule has 0 aliphatic heterocycles. The van der Waals surface area contributed by atoms with Crippen LogP contribution in [0.5, 0.6) is 0 Å². The van der Waals surface area contributed by atoms with E-state index >= 15 is 0 Å². The molecule has 1 aromatic carbocycles. The lowest BCUT2D eigenvalue weighted by molar-refractivity contribution is 0.540. The molecule has 13 heavy (non-hydrogen) atoms. The zero-order chi connectivity index (χ0) is 9.84. The van der Waals surface area contributed by atoms with Gasteiger partial charge in [-0.15, -0.1) is 0 Å². The van der Waals surface area contributed by atoms with Gasteiger partial charge in [-0.05, 0) is 31.9 Å². The van der Waals surface area contributed by atoms with Crippen LogP contribution >= 0.6 is 0 Å². The Bertz CT molecular complexity index is 264. The maximum Gasteiger partial charge on any atom is 0.129 e. The summed E-state index contributed by atoms with van der Waals surface area (Å²) in [6.45, 7) is 1.82. The zero-order valence-electron chi connectivity index (χ0n) is 7.56. The number of rotatable bonds is 3. The number of hydrogen-bond donors (Lipinski definition) is 1. The molecule has 2 N–H and O–H groups in total. The average molecular weight is 185 g/mol. The van der Waals surface area contributed by atoms with Gasteiger partial charge >= 0.3 is 0 Å². The van der Waals surface area contributed by atoms with Crippen molar-refractivity contribution in [3.05, 3.63) is 35.4 Å². The van der Waals surface area contributed by atoms with Gasteiger partial charge in [0.15, 0.2) is 0 Å². The van der Waals surface area contributed by atoms with Crippen LogP contribution < -0.4 is 5.73 Å². The quantitative estimate of drug-likeness (QED) is 0.767. The summed E-state index contributed by atoms with van der Waals surface area (Å²) in [5, 5.41) is 0. The summed E-state index contributed by atoms with van der Waals surface area (Å²) in [7, 11) is 0. The van der Waals surface area contributed by atoms with Crippen molar-refractivity contribution in [2.75, 3.05) is 0 Å². The maximum atomic E-state index is 13.0. The average Bonchev–Trinajstić information content (AvgIpc) is 2.03. The normalized spacial score (nSPS) is 12.9. The topological polar surface area (TPSA) is 26.0 Å². The highest BCUT2D eigenvalue weighted by Gasteiger charge is 2.08. The molecule has 72 valence electrons. The van der Waals surface area contributed by atoms with E-state index in [9.17, 15) is 8.78 Å². The van der Waals surface area contributed by atoms with Gasteiger partial charge < -0.3 is 5.73 Å². The lowest BCUT2D eigenvalue weighted by atomic mass is 10.1. The summed E-state index contributed by atoms with van der Waals surface area (Å²) in [6, 6.07) is 3.86. The second-order valence-electron chi connectivity index (χ2n) is 3.22. The summed E-state index contributed by atoms with van der Waals surface area (Å²) in [6.07, 6.45) is 0.952. The van der Waals surface area contributed by atoms with Gasteiger partial charge in [-0.3, -0.25) is 0 Å². The first-order valence-corrected chi connectivity index (χ1v) is 4.29. The van der Waals surface area contributed by atoms with Gasteiger partial charge in [0.05, 0.1) is 0 Å². The highest BCUT2D eigenvalue weighted by Crippen LogP contribution is 2.14. The third-order valence-corrected chi connectivity index (χ3v) is 1.91. The Kier molecular flexibility index (Phi) is 3.37. The first kappa shape index (κ1) is 10.1. The van der Waals surface area contributed by atoms with Crippen molar-refractivity contribution in [1.29, 1.82) is 0 Å². The molecule has 0 aliphatic carbocycles. The Labute approximate surface area is 76.6 Å². The van der Waals surface area contributed by atoms with Gasteiger partial charge in [0, 0.05) is 11.6 Å². The molecule has 0 saturated heterocycles. The zero-order valence-corrected chi connectivity index (χ0v) is 7.56. The van der Waals surface area contributed by atoms with Crippen LogP contribution in [0.15, 0.2) is 18.2 Å². The third kappa shape index (κ3) is 2.77. The van der Waals surface area contributed by atoms with Crippen molar-refractivity contribution < 1.29 is 8.78 Å². The predicted octanol–water partition coefficient (Wildman–Crippen LogP) is 2.24. The van der Waals surface area contributed by atoms with E-state index in [0.717, 1.165) is 0 Å². The molecule has 0 saturated carbocycles. The number of nitrogens with two attached hydrogens (primary N) is 1.